The van der Waals surface area contributed by atoms with Crippen LogP contribution in [-0.4, -0.2) is 34.3 Å². The third kappa shape index (κ3) is 5.70. The highest BCUT2D eigenvalue weighted by atomic mass is 127. The van der Waals surface area contributed by atoms with Gasteiger partial charge in [0.25, 0.3) is 0 Å². The van der Waals surface area contributed by atoms with Gasteiger partial charge in [-0.25, -0.2) is 0 Å². The Morgan fingerprint density at radius 3 is 1.10 bits per heavy atom. The summed E-state index contributed by atoms with van der Waals surface area (Å²) in [7, 11) is -2.71. The maximum Gasteiger partial charge on any atom is 0.489 e. The minimum Gasteiger partial charge on any atom is -0.423 e. The number of halogens is 2. The molecule has 0 atom stereocenters. The monoisotopic (exact) mass is 496 g/mol. The minimum absolute atomic E-state index is 0.558. The van der Waals surface area contributed by atoms with Crippen LogP contribution in [0, 0.1) is 7.14 Å². The van der Waals surface area contributed by atoms with Crippen molar-refractivity contribution in [1.29, 1.82) is 0 Å². The van der Waals surface area contributed by atoms with Gasteiger partial charge >= 0.3 is 14.2 Å². The highest BCUT2D eigenvalue weighted by molar-refractivity contribution is 14.1. The van der Waals surface area contributed by atoms with Gasteiger partial charge in [-0.1, -0.05) is 36.4 Å². The van der Waals surface area contributed by atoms with Crippen molar-refractivity contribution < 1.29 is 20.1 Å². The van der Waals surface area contributed by atoms with E-state index in [1.54, 1.807) is 24.3 Å². The average Bonchev–Trinajstić information content (AvgIpc) is 2.40. The summed E-state index contributed by atoms with van der Waals surface area (Å²) in [5, 5.41) is 35.0. The molecular formula is C12H12B2I2O4. The topological polar surface area (TPSA) is 80.9 Å². The summed E-state index contributed by atoms with van der Waals surface area (Å²) in [6.45, 7) is 0. The number of benzene rings is 2. The van der Waals surface area contributed by atoms with E-state index >= 15 is 0 Å². The van der Waals surface area contributed by atoms with E-state index in [1.807, 2.05) is 24.3 Å². The zero-order valence-electron chi connectivity index (χ0n) is 10.3. The van der Waals surface area contributed by atoms with E-state index in [-0.39, 0.29) is 0 Å². The fourth-order valence-corrected chi connectivity index (χ4v) is 2.70. The molecule has 0 aliphatic heterocycles. The summed E-state index contributed by atoms with van der Waals surface area (Å²) in [5.74, 6) is 0. The predicted octanol–water partition coefficient (Wildman–Crippen LogP) is -0.0580. The van der Waals surface area contributed by atoms with Crippen LogP contribution in [-0.2, 0) is 0 Å². The maximum absolute atomic E-state index is 8.76. The van der Waals surface area contributed by atoms with Gasteiger partial charge in [0.05, 0.1) is 0 Å². The molecule has 20 heavy (non-hydrogen) atoms. The SMILES string of the molecule is OB(O)c1ccccc1I.OB(O)c1ccccc1I. The summed E-state index contributed by atoms with van der Waals surface area (Å²) >= 11 is 4.11. The first-order valence-corrected chi connectivity index (χ1v) is 7.80. The third-order valence-electron chi connectivity index (χ3n) is 2.37. The van der Waals surface area contributed by atoms with Gasteiger partial charge in [0, 0.05) is 7.14 Å². The van der Waals surface area contributed by atoms with Crippen LogP contribution in [0.15, 0.2) is 48.5 Å². The summed E-state index contributed by atoms with van der Waals surface area (Å²) < 4.78 is 1.74. The molecule has 0 amide bonds. The molecule has 0 aliphatic carbocycles. The first-order valence-electron chi connectivity index (χ1n) is 5.64. The van der Waals surface area contributed by atoms with E-state index in [2.05, 4.69) is 45.2 Å². The van der Waals surface area contributed by atoms with Crippen LogP contribution in [0.4, 0.5) is 0 Å². The van der Waals surface area contributed by atoms with Gasteiger partial charge in [-0.3, -0.25) is 0 Å². The number of hydrogen-bond donors (Lipinski definition) is 4. The van der Waals surface area contributed by atoms with Gasteiger partial charge in [0.2, 0.25) is 0 Å². The standard InChI is InChI=1S/2C6H6BIO2/c2*8-6-4-2-1-3-5(6)7(9)10/h2*1-4,9-10H. The summed E-state index contributed by atoms with van der Waals surface area (Å²) in [6, 6.07) is 14.3. The van der Waals surface area contributed by atoms with Crippen LogP contribution >= 0.6 is 45.2 Å². The smallest absolute Gasteiger partial charge is 0.423 e. The van der Waals surface area contributed by atoms with Crippen molar-refractivity contribution in [3.8, 4) is 0 Å². The lowest BCUT2D eigenvalue weighted by Crippen LogP contribution is -2.31. The van der Waals surface area contributed by atoms with E-state index in [9.17, 15) is 0 Å². The van der Waals surface area contributed by atoms with Crippen molar-refractivity contribution in [2.45, 2.75) is 0 Å². The molecule has 4 nitrogen and oxygen atoms in total. The molecule has 0 aliphatic rings. The lowest BCUT2D eigenvalue weighted by atomic mass is 9.81. The van der Waals surface area contributed by atoms with Crippen molar-refractivity contribution in [2.75, 3.05) is 0 Å². The summed E-state index contributed by atoms with van der Waals surface area (Å²) in [6.07, 6.45) is 0. The molecule has 0 spiro atoms. The molecule has 8 heteroatoms. The van der Waals surface area contributed by atoms with Gasteiger partial charge in [-0.15, -0.1) is 0 Å². The summed E-state index contributed by atoms with van der Waals surface area (Å²) in [4.78, 5) is 0. The van der Waals surface area contributed by atoms with Gasteiger partial charge < -0.3 is 20.1 Å². The largest absolute Gasteiger partial charge is 0.489 e. The van der Waals surface area contributed by atoms with Crippen LogP contribution in [0.5, 0.6) is 0 Å². The van der Waals surface area contributed by atoms with Crippen LogP contribution in [0.3, 0.4) is 0 Å². The van der Waals surface area contributed by atoms with Crippen LogP contribution in [0.25, 0.3) is 0 Å². The first-order chi connectivity index (χ1) is 9.43. The molecule has 0 heterocycles. The van der Waals surface area contributed by atoms with Gasteiger partial charge in [0.1, 0.15) is 0 Å². The van der Waals surface area contributed by atoms with Crippen molar-refractivity contribution in [2.24, 2.45) is 0 Å². The van der Waals surface area contributed by atoms with Gasteiger partial charge in [0.15, 0.2) is 0 Å². The molecule has 0 aromatic heterocycles. The Morgan fingerprint density at radius 1 is 0.600 bits per heavy atom. The Morgan fingerprint density at radius 2 is 0.900 bits per heavy atom. The van der Waals surface area contributed by atoms with Crippen molar-refractivity contribution in [3.05, 3.63) is 55.7 Å². The zero-order chi connectivity index (χ0) is 15.1. The molecular weight excluding hydrogens is 484 g/mol. The molecule has 104 valence electrons. The Hall–Kier alpha value is -0.130. The molecule has 0 saturated heterocycles. The molecule has 2 rings (SSSR count). The normalized spacial score (nSPS) is 9.50. The number of rotatable bonds is 2. The van der Waals surface area contributed by atoms with E-state index < -0.39 is 14.2 Å². The second-order valence-electron chi connectivity index (χ2n) is 3.79. The first kappa shape index (κ1) is 17.9. The number of hydrogen-bond acceptors (Lipinski definition) is 4. The van der Waals surface area contributed by atoms with E-state index in [4.69, 9.17) is 20.1 Å². The Balaban J connectivity index is 0.000000200. The molecule has 0 bridgehead atoms. The van der Waals surface area contributed by atoms with Crippen LogP contribution in [0.2, 0.25) is 0 Å². The molecule has 0 fully saturated rings. The molecule has 0 radical (unpaired) electrons. The maximum atomic E-state index is 8.76. The van der Waals surface area contributed by atoms with E-state index in [0.717, 1.165) is 7.14 Å². The average molecular weight is 496 g/mol. The molecule has 0 saturated carbocycles. The zero-order valence-corrected chi connectivity index (χ0v) is 14.6. The quantitative estimate of drug-likeness (QED) is 0.348. The predicted molar refractivity (Wildman–Crippen MR) is 98.0 cm³/mol. The van der Waals surface area contributed by atoms with Crippen molar-refractivity contribution in [3.63, 3.8) is 0 Å². The molecule has 0 unspecified atom stereocenters. The van der Waals surface area contributed by atoms with E-state index in [0.29, 0.717) is 10.9 Å². The van der Waals surface area contributed by atoms with Crippen LogP contribution < -0.4 is 10.9 Å². The van der Waals surface area contributed by atoms with Gasteiger partial charge in [-0.05, 0) is 68.2 Å². The second kappa shape index (κ2) is 9.00. The highest BCUT2D eigenvalue weighted by Crippen LogP contribution is 2.00. The lowest BCUT2D eigenvalue weighted by molar-refractivity contribution is 0.424. The van der Waals surface area contributed by atoms with Crippen molar-refractivity contribution in [1.82, 2.24) is 0 Å². The third-order valence-corrected chi connectivity index (χ3v) is 4.33. The molecule has 4 N–H and O–H groups in total. The molecule has 2 aromatic rings. The van der Waals surface area contributed by atoms with Gasteiger partial charge in [-0.2, -0.15) is 0 Å². The van der Waals surface area contributed by atoms with Crippen molar-refractivity contribution >= 4 is 70.3 Å². The lowest BCUT2D eigenvalue weighted by Gasteiger charge is -1.99. The fourth-order valence-electron chi connectivity index (χ4n) is 1.37. The van der Waals surface area contributed by atoms with E-state index in [1.165, 1.54) is 0 Å². The van der Waals surface area contributed by atoms with Crippen LogP contribution in [0.1, 0.15) is 0 Å². The molecule has 2 aromatic carbocycles. The Kier molecular flexibility index (Phi) is 8.07. The second-order valence-corrected chi connectivity index (χ2v) is 6.11. The fraction of sp³-hybridized carbons (Fsp3) is 0. The Bertz CT molecular complexity index is 503. The minimum atomic E-state index is -1.35. The Labute approximate surface area is 145 Å². The highest BCUT2D eigenvalue weighted by Gasteiger charge is 2.13. The summed E-state index contributed by atoms with van der Waals surface area (Å²) in [5.41, 5.74) is 1.12.